The van der Waals surface area contributed by atoms with Crippen LogP contribution in [0, 0.1) is 12.7 Å². The number of benzene rings is 3. The van der Waals surface area contributed by atoms with Crippen LogP contribution in [-0.2, 0) is 16.1 Å². The smallest absolute Gasteiger partial charge is 0.338 e. The fourth-order valence-corrected chi connectivity index (χ4v) is 2.57. The van der Waals surface area contributed by atoms with Crippen molar-refractivity contribution in [2.24, 2.45) is 0 Å². The summed E-state index contributed by atoms with van der Waals surface area (Å²) in [7, 11) is 0. The van der Waals surface area contributed by atoms with E-state index >= 15 is 0 Å². The van der Waals surface area contributed by atoms with Gasteiger partial charge in [-0.25, -0.2) is 9.18 Å². The van der Waals surface area contributed by atoms with Crippen LogP contribution in [-0.4, -0.2) is 18.5 Å². The van der Waals surface area contributed by atoms with Gasteiger partial charge in [-0.3, -0.25) is 4.79 Å². The van der Waals surface area contributed by atoms with E-state index in [4.69, 9.17) is 9.47 Å². The maximum atomic E-state index is 12.9. The average molecular weight is 393 g/mol. The van der Waals surface area contributed by atoms with Gasteiger partial charge in [0.1, 0.15) is 18.2 Å². The van der Waals surface area contributed by atoms with Gasteiger partial charge in [0.15, 0.2) is 6.61 Å². The lowest BCUT2D eigenvalue weighted by molar-refractivity contribution is -0.119. The van der Waals surface area contributed by atoms with Crippen molar-refractivity contribution in [2.45, 2.75) is 13.5 Å². The highest BCUT2D eigenvalue weighted by molar-refractivity contribution is 5.96. The van der Waals surface area contributed by atoms with Gasteiger partial charge in [0.05, 0.1) is 5.56 Å². The Labute approximate surface area is 168 Å². The quantitative estimate of drug-likeness (QED) is 0.600. The average Bonchev–Trinajstić information content (AvgIpc) is 2.73. The number of amides is 1. The molecule has 0 saturated heterocycles. The van der Waals surface area contributed by atoms with Crippen molar-refractivity contribution in [3.8, 4) is 5.75 Å². The van der Waals surface area contributed by atoms with Crippen LogP contribution in [0.3, 0.4) is 0 Å². The van der Waals surface area contributed by atoms with E-state index < -0.39 is 18.5 Å². The van der Waals surface area contributed by atoms with Crippen molar-refractivity contribution < 1.29 is 23.5 Å². The molecule has 5 nitrogen and oxygen atoms in total. The summed E-state index contributed by atoms with van der Waals surface area (Å²) in [6, 6.07) is 19.8. The van der Waals surface area contributed by atoms with Crippen LogP contribution >= 0.6 is 0 Å². The summed E-state index contributed by atoms with van der Waals surface area (Å²) in [5.74, 6) is -0.897. The van der Waals surface area contributed by atoms with Gasteiger partial charge in [-0.05, 0) is 54.4 Å². The lowest BCUT2D eigenvalue weighted by atomic mass is 10.2. The van der Waals surface area contributed by atoms with E-state index in [-0.39, 0.29) is 18.0 Å². The molecule has 3 aromatic rings. The summed E-state index contributed by atoms with van der Waals surface area (Å²) in [5, 5.41) is 2.70. The van der Waals surface area contributed by atoms with Crippen LogP contribution in [0.4, 0.5) is 10.1 Å². The summed E-state index contributed by atoms with van der Waals surface area (Å²) in [5.41, 5.74) is 2.65. The highest BCUT2D eigenvalue weighted by atomic mass is 19.1. The molecule has 0 radical (unpaired) electrons. The first kappa shape index (κ1) is 20.1. The van der Waals surface area contributed by atoms with Crippen molar-refractivity contribution in [3.63, 3.8) is 0 Å². The molecule has 29 heavy (non-hydrogen) atoms. The van der Waals surface area contributed by atoms with Gasteiger partial charge in [0.25, 0.3) is 5.91 Å². The van der Waals surface area contributed by atoms with Crippen molar-refractivity contribution in [2.75, 3.05) is 11.9 Å². The Bertz CT molecular complexity index is 1000. The fraction of sp³-hybridized carbons (Fsp3) is 0.130. The van der Waals surface area contributed by atoms with E-state index in [0.717, 1.165) is 11.1 Å². The predicted molar refractivity (Wildman–Crippen MR) is 107 cm³/mol. The van der Waals surface area contributed by atoms with Crippen LogP contribution < -0.4 is 10.1 Å². The Kier molecular flexibility index (Phi) is 6.58. The molecule has 0 heterocycles. The van der Waals surface area contributed by atoms with E-state index in [2.05, 4.69) is 5.32 Å². The zero-order chi connectivity index (χ0) is 20.6. The first-order valence-electron chi connectivity index (χ1n) is 9.01. The number of carbonyl (C=O) groups is 2. The molecule has 0 aliphatic heterocycles. The Hall–Kier alpha value is -3.67. The fourth-order valence-electron chi connectivity index (χ4n) is 2.57. The van der Waals surface area contributed by atoms with Crippen LogP contribution in [0.1, 0.15) is 21.5 Å². The molecule has 0 fully saturated rings. The molecule has 3 aromatic carbocycles. The van der Waals surface area contributed by atoms with Gasteiger partial charge in [-0.15, -0.1) is 0 Å². The third-order valence-corrected chi connectivity index (χ3v) is 4.14. The number of para-hydroxylation sites is 1. The second-order valence-corrected chi connectivity index (χ2v) is 6.38. The minimum absolute atomic E-state index is 0.234. The number of aryl methyl sites for hydroxylation is 1. The number of nitrogens with one attached hydrogen (secondary N) is 1. The van der Waals surface area contributed by atoms with Crippen molar-refractivity contribution in [1.82, 2.24) is 0 Å². The monoisotopic (exact) mass is 393 g/mol. The molecule has 0 aromatic heterocycles. The molecule has 0 saturated carbocycles. The van der Waals surface area contributed by atoms with Crippen LogP contribution in [0.25, 0.3) is 0 Å². The van der Waals surface area contributed by atoms with Gasteiger partial charge >= 0.3 is 5.97 Å². The SMILES string of the molecule is Cc1ccccc1NC(=O)COC(=O)c1cccc(OCc2ccc(F)cc2)c1. The standard InChI is InChI=1S/C23H20FNO4/c1-16-5-2-3-8-21(16)25-22(26)15-29-23(27)18-6-4-7-20(13-18)28-14-17-9-11-19(24)12-10-17/h2-13H,14-15H2,1H3,(H,25,26). The van der Waals surface area contributed by atoms with E-state index in [9.17, 15) is 14.0 Å². The number of esters is 1. The maximum Gasteiger partial charge on any atom is 0.338 e. The molecule has 148 valence electrons. The third-order valence-electron chi connectivity index (χ3n) is 4.14. The molecule has 0 aliphatic carbocycles. The number of carbonyl (C=O) groups excluding carboxylic acids is 2. The molecule has 0 bridgehead atoms. The largest absolute Gasteiger partial charge is 0.489 e. The number of ether oxygens (including phenoxy) is 2. The minimum Gasteiger partial charge on any atom is -0.489 e. The number of halogens is 1. The first-order chi connectivity index (χ1) is 14.0. The number of hydrogen-bond donors (Lipinski definition) is 1. The van der Waals surface area contributed by atoms with Crippen molar-refractivity contribution >= 4 is 17.6 Å². The van der Waals surface area contributed by atoms with E-state index in [1.54, 1.807) is 36.4 Å². The molecular weight excluding hydrogens is 373 g/mol. The van der Waals surface area contributed by atoms with Gasteiger partial charge in [0, 0.05) is 5.69 Å². The molecule has 1 N–H and O–H groups in total. The molecule has 0 atom stereocenters. The number of rotatable bonds is 7. The molecule has 1 amide bonds. The summed E-state index contributed by atoms with van der Waals surface area (Å²) in [4.78, 5) is 24.2. The highest BCUT2D eigenvalue weighted by Gasteiger charge is 2.12. The lowest BCUT2D eigenvalue weighted by Crippen LogP contribution is -2.21. The molecule has 0 spiro atoms. The lowest BCUT2D eigenvalue weighted by Gasteiger charge is -2.10. The van der Waals surface area contributed by atoms with Crippen molar-refractivity contribution in [1.29, 1.82) is 0 Å². The zero-order valence-corrected chi connectivity index (χ0v) is 15.9. The Balaban J connectivity index is 1.52. The predicted octanol–water partition coefficient (Wildman–Crippen LogP) is 4.51. The first-order valence-corrected chi connectivity index (χ1v) is 9.01. The van der Waals surface area contributed by atoms with E-state index in [0.29, 0.717) is 11.4 Å². The second kappa shape index (κ2) is 9.50. The van der Waals surface area contributed by atoms with Crippen LogP contribution in [0.2, 0.25) is 0 Å². The van der Waals surface area contributed by atoms with Crippen LogP contribution in [0.5, 0.6) is 5.75 Å². The van der Waals surface area contributed by atoms with Gasteiger partial charge in [0.2, 0.25) is 0 Å². The Morgan fingerprint density at radius 1 is 0.966 bits per heavy atom. The van der Waals surface area contributed by atoms with Gasteiger partial charge in [-0.1, -0.05) is 36.4 Å². The Morgan fingerprint density at radius 3 is 2.48 bits per heavy atom. The third kappa shape index (κ3) is 5.90. The van der Waals surface area contributed by atoms with E-state index in [1.807, 2.05) is 25.1 Å². The maximum absolute atomic E-state index is 12.9. The molecule has 6 heteroatoms. The van der Waals surface area contributed by atoms with Crippen molar-refractivity contribution in [3.05, 3.63) is 95.3 Å². The summed E-state index contributed by atoms with van der Waals surface area (Å²) < 4.78 is 23.7. The summed E-state index contributed by atoms with van der Waals surface area (Å²) in [6.07, 6.45) is 0. The Morgan fingerprint density at radius 2 is 1.72 bits per heavy atom. The highest BCUT2D eigenvalue weighted by Crippen LogP contribution is 2.17. The zero-order valence-electron chi connectivity index (χ0n) is 15.9. The molecule has 3 rings (SSSR count). The minimum atomic E-state index is -0.628. The van der Waals surface area contributed by atoms with Crippen LogP contribution in [0.15, 0.2) is 72.8 Å². The molecule has 0 aliphatic rings. The molecular formula is C23H20FNO4. The second-order valence-electron chi connectivity index (χ2n) is 6.38. The van der Waals surface area contributed by atoms with Gasteiger partial charge < -0.3 is 14.8 Å². The topological polar surface area (TPSA) is 64.6 Å². The molecule has 0 unspecified atom stereocenters. The summed E-state index contributed by atoms with van der Waals surface area (Å²) >= 11 is 0. The van der Waals surface area contributed by atoms with E-state index in [1.165, 1.54) is 18.2 Å². The van der Waals surface area contributed by atoms with Gasteiger partial charge in [-0.2, -0.15) is 0 Å². The number of anilines is 1. The number of hydrogen-bond acceptors (Lipinski definition) is 4. The normalized spacial score (nSPS) is 10.3. The summed E-state index contributed by atoms with van der Waals surface area (Å²) in [6.45, 7) is 1.71.